The van der Waals surface area contributed by atoms with Gasteiger partial charge in [-0.1, -0.05) is 41.9 Å². The molecular weight excluding hydrogens is 462 g/mol. The lowest BCUT2D eigenvalue weighted by molar-refractivity contribution is -0.128. The van der Waals surface area contributed by atoms with Crippen molar-refractivity contribution in [1.29, 1.82) is 0 Å². The fraction of sp³-hybridized carbons (Fsp3) is 0.214. The number of amides is 2. The number of fused-ring (bicyclic) bond motifs is 1. The smallest absolute Gasteiger partial charge is 0.229 e. The van der Waals surface area contributed by atoms with Crippen LogP contribution in [0.4, 0.5) is 5.69 Å². The van der Waals surface area contributed by atoms with Crippen LogP contribution in [-0.2, 0) is 22.6 Å². The van der Waals surface area contributed by atoms with Crippen LogP contribution in [0.5, 0.6) is 5.75 Å². The largest absolute Gasteiger partial charge is 0.489 e. The number of nitrogens with zero attached hydrogens (tertiary/aromatic N) is 1. The summed E-state index contributed by atoms with van der Waals surface area (Å²) in [6.45, 7) is 1.47. The van der Waals surface area contributed by atoms with Crippen LogP contribution in [-0.4, -0.2) is 34.8 Å². The predicted octanol–water partition coefficient (Wildman–Crippen LogP) is 5.43. The number of carbonyl (C=O) groups is 2. The monoisotopic (exact) mass is 487 g/mol. The van der Waals surface area contributed by atoms with Crippen molar-refractivity contribution in [3.63, 3.8) is 0 Å². The van der Waals surface area contributed by atoms with E-state index in [-0.39, 0.29) is 24.2 Å². The van der Waals surface area contributed by atoms with Crippen molar-refractivity contribution in [2.24, 2.45) is 5.92 Å². The molecule has 0 radical (unpaired) electrons. The van der Waals surface area contributed by atoms with Crippen LogP contribution in [0, 0.1) is 5.92 Å². The van der Waals surface area contributed by atoms with E-state index >= 15 is 0 Å². The molecule has 1 aromatic heterocycles. The molecule has 0 saturated carbocycles. The zero-order valence-electron chi connectivity index (χ0n) is 19.2. The van der Waals surface area contributed by atoms with Crippen LogP contribution in [0.3, 0.4) is 0 Å². The van der Waals surface area contributed by atoms with Gasteiger partial charge in [0.05, 0.1) is 5.92 Å². The standard InChI is InChI=1S/C28H26ClN3O3/c29-22-6-11-26-25(15-22)20(16-30-26)12-13-32-17-21(14-27(32)33)28(34)31-23-7-9-24(10-8-23)35-18-19-4-2-1-3-5-19/h1-11,15-16,21,30H,12-14,17-18H2,(H,31,34)/t21-/m0/s1. The van der Waals surface area contributed by atoms with E-state index < -0.39 is 0 Å². The summed E-state index contributed by atoms with van der Waals surface area (Å²) in [4.78, 5) is 30.4. The van der Waals surface area contributed by atoms with Crippen molar-refractivity contribution in [2.75, 3.05) is 18.4 Å². The first kappa shape index (κ1) is 23.0. The molecule has 6 nitrogen and oxygen atoms in total. The topological polar surface area (TPSA) is 74.4 Å². The van der Waals surface area contributed by atoms with Gasteiger partial charge in [0.1, 0.15) is 12.4 Å². The minimum absolute atomic E-state index is 0.00711. The maximum absolute atomic E-state index is 12.8. The van der Waals surface area contributed by atoms with Crippen LogP contribution in [0.1, 0.15) is 17.5 Å². The van der Waals surface area contributed by atoms with Crippen molar-refractivity contribution in [3.05, 3.63) is 95.1 Å². The van der Waals surface area contributed by atoms with Crippen molar-refractivity contribution >= 4 is 40.0 Å². The van der Waals surface area contributed by atoms with Gasteiger partial charge in [0.15, 0.2) is 0 Å². The summed E-state index contributed by atoms with van der Waals surface area (Å²) in [6, 6.07) is 23.0. The van der Waals surface area contributed by atoms with Gasteiger partial charge < -0.3 is 19.9 Å². The molecule has 1 aliphatic rings. The van der Waals surface area contributed by atoms with Crippen molar-refractivity contribution in [2.45, 2.75) is 19.4 Å². The molecule has 0 spiro atoms. The first-order chi connectivity index (χ1) is 17.0. The summed E-state index contributed by atoms with van der Waals surface area (Å²) < 4.78 is 5.80. The lowest BCUT2D eigenvalue weighted by atomic mass is 10.1. The normalized spacial score (nSPS) is 15.5. The number of benzene rings is 3. The minimum atomic E-state index is -0.367. The van der Waals surface area contributed by atoms with E-state index in [1.807, 2.05) is 79.0 Å². The lowest BCUT2D eigenvalue weighted by Crippen LogP contribution is -2.30. The molecule has 3 aromatic carbocycles. The van der Waals surface area contributed by atoms with Crippen LogP contribution >= 0.6 is 11.6 Å². The van der Waals surface area contributed by atoms with Gasteiger partial charge in [-0.05, 0) is 60.0 Å². The summed E-state index contributed by atoms with van der Waals surface area (Å²) in [5.74, 6) is 0.229. The van der Waals surface area contributed by atoms with Crippen LogP contribution in [0.2, 0.25) is 5.02 Å². The second-order valence-electron chi connectivity index (χ2n) is 8.78. The Kier molecular flexibility index (Phi) is 6.73. The Balaban J connectivity index is 1.13. The Morgan fingerprint density at radius 3 is 2.69 bits per heavy atom. The van der Waals surface area contributed by atoms with Crippen LogP contribution in [0.15, 0.2) is 79.0 Å². The summed E-state index contributed by atoms with van der Waals surface area (Å²) in [5.41, 5.74) is 3.90. The zero-order chi connectivity index (χ0) is 24.2. The van der Waals surface area contributed by atoms with E-state index in [2.05, 4.69) is 10.3 Å². The highest BCUT2D eigenvalue weighted by Crippen LogP contribution is 2.25. The molecule has 1 fully saturated rings. The Hall–Kier alpha value is -3.77. The molecule has 2 amide bonds. The predicted molar refractivity (Wildman–Crippen MR) is 138 cm³/mol. The number of anilines is 1. The number of rotatable bonds is 8. The van der Waals surface area contributed by atoms with Crippen LogP contribution < -0.4 is 10.1 Å². The fourth-order valence-corrected chi connectivity index (χ4v) is 4.57. The van der Waals surface area contributed by atoms with E-state index in [1.165, 1.54) is 0 Å². The Labute approximate surface area is 208 Å². The van der Waals surface area contributed by atoms with Gasteiger partial charge >= 0.3 is 0 Å². The molecule has 0 unspecified atom stereocenters. The second kappa shape index (κ2) is 10.2. The second-order valence-corrected chi connectivity index (χ2v) is 9.22. The van der Waals surface area contributed by atoms with Crippen molar-refractivity contribution < 1.29 is 14.3 Å². The third kappa shape index (κ3) is 5.49. The Morgan fingerprint density at radius 2 is 1.89 bits per heavy atom. The van der Waals surface area contributed by atoms with Gasteiger partial charge in [-0.15, -0.1) is 0 Å². The number of H-pyrrole nitrogens is 1. The van der Waals surface area contributed by atoms with Gasteiger partial charge in [0.25, 0.3) is 0 Å². The van der Waals surface area contributed by atoms with Crippen molar-refractivity contribution in [3.8, 4) is 5.75 Å². The summed E-state index contributed by atoms with van der Waals surface area (Å²) >= 11 is 6.14. The summed E-state index contributed by atoms with van der Waals surface area (Å²) in [6.07, 6.45) is 2.88. The molecule has 7 heteroatoms. The molecule has 35 heavy (non-hydrogen) atoms. The maximum Gasteiger partial charge on any atom is 0.229 e. The zero-order valence-corrected chi connectivity index (χ0v) is 19.9. The number of aromatic amines is 1. The van der Waals surface area contributed by atoms with Gasteiger partial charge in [-0.2, -0.15) is 0 Å². The number of halogens is 1. The molecule has 2 N–H and O–H groups in total. The number of likely N-dealkylation sites (tertiary alicyclic amines) is 1. The molecule has 1 saturated heterocycles. The van der Waals surface area contributed by atoms with Gasteiger partial charge in [-0.25, -0.2) is 0 Å². The fourth-order valence-electron chi connectivity index (χ4n) is 4.40. The lowest BCUT2D eigenvalue weighted by Gasteiger charge is -2.16. The molecule has 1 atom stereocenters. The Morgan fingerprint density at radius 1 is 1.09 bits per heavy atom. The highest BCUT2D eigenvalue weighted by molar-refractivity contribution is 6.31. The van der Waals surface area contributed by atoms with E-state index in [9.17, 15) is 9.59 Å². The average molecular weight is 488 g/mol. The van der Waals surface area contributed by atoms with E-state index in [4.69, 9.17) is 16.3 Å². The molecular formula is C28H26ClN3O3. The Bertz CT molecular complexity index is 1330. The molecule has 0 aliphatic carbocycles. The maximum atomic E-state index is 12.8. The van der Waals surface area contributed by atoms with E-state index in [0.717, 1.165) is 27.8 Å². The van der Waals surface area contributed by atoms with Gasteiger partial charge in [0, 0.05) is 47.3 Å². The van der Waals surface area contributed by atoms with Gasteiger partial charge in [0.2, 0.25) is 11.8 Å². The molecule has 2 heterocycles. The first-order valence-corrected chi connectivity index (χ1v) is 12.0. The molecule has 1 aliphatic heterocycles. The number of nitrogens with one attached hydrogen (secondary N) is 2. The number of carbonyl (C=O) groups excluding carboxylic acids is 2. The van der Waals surface area contributed by atoms with Gasteiger partial charge in [-0.3, -0.25) is 9.59 Å². The number of ether oxygens (including phenoxy) is 1. The minimum Gasteiger partial charge on any atom is -0.489 e. The van der Waals surface area contributed by atoms with Crippen LogP contribution in [0.25, 0.3) is 10.9 Å². The summed E-state index contributed by atoms with van der Waals surface area (Å²) in [7, 11) is 0. The first-order valence-electron chi connectivity index (χ1n) is 11.7. The van der Waals surface area contributed by atoms with E-state index in [1.54, 1.807) is 4.90 Å². The molecule has 4 aromatic rings. The number of aromatic nitrogens is 1. The number of hydrogen-bond acceptors (Lipinski definition) is 3. The quantitative estimate of drug-likeness (QED) is 0.348. The number of hydrogen-bond donors (Lipinski definition) is 2. The third-order valence-electron chi connectivity index (χ3n) is 6.34. The van der Waals surface area contributed by atoms with E-state index in [0.29, 0.717) is 36.8 Å². The molecule has 0 bridgehead atoms. The average Bonchev–Trinajstić information content (AvgIpc) is 3.45. The highest BCUT2D eigenvalue weighted by atomic mass is 35.5. The molecule has 178 valence electrons. The SMILES string of the molecule is O=C(Nc1ccc(OCc2ccccc2)cc1)[C@H]1CC(=O)N(CCc2c[nH]c3ccc(Cl)cc23)C1. The third-order valence-corrected chi connectivity index (χ3v) is 6.57. The molecule has 5 rings (SSSR count). The van der Waals surface area contributed by atoms with Crippen molar-refractivity contribution in [1.82, 2.24) is 9.88 Å². The summed E-state index contributed by atoms with van der Waals surface area (Å²) in [5, 5.41) is 4.68. The highest BCUT2D eigenvalue weighted by Gasteiger charge is 2.34.